The van der Waals surface area contributed by atoms with Crippen LogP contribution in [0.1, 0.15) is 24.4 Å². The summed E-state index contributed by atoms with van der Waals surface area (Å²) < 4.78 is 36.6. The number of nitrogens with zero attached hydrogens (tertiary/aromatic N) is 1. The monoisotopic (exact) mass is 233 g/mol. The van der Waals surface area contributed by atoms with Gasteiger partial charge in [-0.25, -0.2) is 0 Å². The second-order valence-electron chi connectivity index (χ2n) is 3.14. The molecule has 1 heterocycles. The summed E-state index contributed by atoms with van der Waals surface area (Å²) in [7, 11) is 0. The number of halogens is 3. The van der Waals surface area contributed by atoms with E-state index in [1.807, 2.05) is 0 Å². The maximum atomic E-state index is 12.2. The molecule has 0 aliphatic rings. The molecule has 0 fully saturated rings. The van der Waals surface area contributed by atoms with Crippen molar-refractivity contribution in [2.24, 2.45) is 0 Å². The summed E-state index contributed by atoms with van der Waals surface area (Å²) in [6.07, 6.45) is -3.45. The van der Waals surface area contributed by atoms with Crippen molar-refractivity contribution in [1.29, 1.82) is 0 Å². The van der Waals surface area contributed by atoms with Gasteiger partial charge in [-0.05, 0) is 19.1 Å². The number of H-pyrrole nitrogens is 1. The number of aromatic nitrogens is 2. The Kier molecular flexibility index (Phi) is 3.36. The highest BCUT2D eigenvalue weighted by molar-refractivity contribution is 5.87. The average Bonchev–Trinajstić information content (AvgIpc) is 2.65. The number of alkyl halides is 3. The van der Waals surface area contributed by atoms with Crippen LogP contribution in [0.4, 0.5) is 13.2 Å². The zero-order valence-electron chi connectivity index (χ0n) is 8.43. The van der Waals surface area contributed by atoms with E-state index < -0.39 is 23.8 Å². The zero-order valence-corrected chi connectivity index (χ0v) is 8.43. The second kappa shape index (κ2) is 4.38. The summed E-state index contributed by atoms with van der Waals surface area (Å²) in [6.45, 7) is 4.77. The summed E-state index contributed by atoms with van der Waals surface area (Å²) >= 11 is 0. The van der Waals surface area contributed by atoms with Gasteiger partial charge in [-0.2, -0.15) is 18.3 Å². The summed E-state index contributed by atoms with van der Waals surface area (Å²) in [5.41, 5.74) is -0.829. The smallest absolute Gasteiger partial charge is 0.345 e. The third kappa shape index (κ3) is 2.85. The van der Waals surface area contributed by atoms with E-state index in [1.165, 1.54) is 6.92 Å². The lowest BCUT2D eigenvalue weighted by atomic mass is 10.2. The van der Waals surface area contributed by atoms with Crippen molar-refractivity contribution in [3.63, 3.8) is 0 Å². The van der Waals surface area contributed by atoms with Crippen LogP contribution in [-0.2, 0) is 11.0 Å². The number of rotatable bonds is 3. The first kappa shape index (κ1) is 12.3. The Hall–Kier alpha value is -1.79. The molecule has 0 radical (unpaired) electrons. The molecule has 1 rings (SSSR count). The van der Waals surface area contributed by atoms with E-state index in [0.717, 1.165) is 12.1 Å². The molecular weight excluding hydrogens is 223 g/mol. The number of carbonyl (C=O) groups excluding carboxylic acids is 1. The van der Waals surface area contributed by atoms with Gasteiger partial charge in [0.25, 0.3) is 0 Å². The fourth-order valence-electron chi connectivity index (χ4n) is 1.05. The summed E-state index contributed by atoms with van der Waals surface area (Å²) in [4.78, 5) is 10.9. The molecule has 1 unspecified atom stereocenters. The molecule has 0 aliphatic heterocycles. The van der Waals surface area contributed by atoms with Gasteiger partial charge in [0.2, 0.25) is 5.91 Å². The molecule has 7 heteroatoms. The van der Waals surface area contributed by atoms with Crippen molar-refractivity contribution in [2.45, 2.75) is 19.1 Å². The topological polar surface area (TPSA) is 57.8 Å². The highest BCUT2D eigenvalue weighted by Gasteiger charge is 2.34. The number of hydrogen-bond acceptors (Lipinski definition) is 2. The van der Waals surface area contributed by atoms with Crippen LogP contribution in [0.15, 0.2) is 18.7 Å². The number of hydrogen-bond donors (Lipinski definition) is 2. The highest BCUT2D eigenvalue weighted by atomic mass is 19.4. The molecular formula is C9H10F3N3O. The van der Waals surface area contributed by atoms with Gasteiger partial charge in [-0.15, -0.1) is 0 Å². The molecule has 0 aliphatic carbocycles. The summed E-state index contributed by atoms with van der Waals surface area (Å²) in [6, 6.07) is 0.266. The van der Waals surface area contributed by atoms with Crippen LogP contribution >= 0.6 is 0 Å². The van der Waals surface area contributed by atoms with Crippen molar-refractivity contribution >= 4 is 5.91 Å². The normalized spacial score (nSPS) is 13.2. The van der Waals surface area contributed by atoms with Crippen LogP contribution in [0.2, 0.25) is 0 Å². The Morgan fingerprint density at radius 1 is 1.69 bits per heavy atom. The first-order valence-electron chi connectivity index (χ1n) is 4.40. The Balaban J connectivity index is 2.78. The fraction of sp³-hybridized carbons (Fsp3) is 0.333. The lowest BCUT2D eigenvalue weighted by molar-refractivity contribution is -0.141. The van der Waals surface area contributed by atoms with Gasteiger partial charge >= 0.3 is 6.18 Å². The van der Waals surface area contributed by atoms with Gasteiger partial charge in [0.15, 0.2) is 5.69 Å². The third-order valence-electron chi connectivity index (χ3n) is 1.90. The van der Waals surface area contributed by atoms with E-state index in [1.54, 1.807) is 0 Å². The van der Waals surface area contributed by atoms with Crippen molar-refractivity contribution < 1.29 is 18.0 Å². The van der Waals surface area contributed by atoms with E-state index in [2.05, 4.69) is 22.1 Å². The third-order valence-corrected chi connectivity index (χ3v) is 1.90. The summed E-state index contributed by atoms with van der Waals surface area (Å²) in [5.74, 6) is -0.462. The second-order valence-corrected chi connectivity index (χ2v) is 3.14. The first-order chi connectivity index (χ1) is 7.34. The SMILES string of the molecule is C=CC(=O)NC(C)c1cc(C(F)(F)F)n[nH]1. The Bertz CT molecular complexity index is 397. The molecule has 2 N–H and O–H groups in total. The van der Waals surface area contributed by atoms with E-state index in [-0.39, 0.29) is 5.69 Å². The minimum Gasteiger partial charge on any atom is -0.345 e. The van der Waals surface area contributed by atoms with E-state index >= 15 is 0 Å². The van der Waals surface area contributed by atoms with Gasteiger partial charge in [-0.3, -0.25) is 9.89 Å². The standard InChI is InChI=1S/C9H10F3N3O/c1-3-8(16)13-5(2)6-4-7(15-14-6)9(10,11)12/h3-5H,1H2,2H3,(H,13,16)(H,14,15). The van der Waals surface area contributed by atoms with E-state index in [4.69, 9.17) is 0 Å². The molecule has 0 aromatic carbocycles. The Labute approximate surface area is 89.5 Å². The minimum atomic E-state index is -4.49. The molecule has 0 saturated heterocycles. The number of aromatic amines is 1. The molecule has 16 heavy (non-hydrogen) atoms. The maximum Gasteiger partial charge on any atom is 0.435 e. The maximum absolute atomic E-state index is 12.2. The van der Waals surface area contributed by atoms with Gasteiger partial charge in [0.05, 0.1) is 11.7 Å². The average molecular weight is 233 g/mol. The van der Waals surface area contributed by atoms with E-state index in [0.29, 0.717) is 0 Å². The van der Waals surface area contributed by atoms with Crippen LogP contribution in [0.25, 0.3) is 0 Å². The predicted molar refractivity (Wildman–Crippen MR) is 50.3 cm³/mol. The molecule has 0 saturated carbocycles. The largest absolute Gasteiger partial charge is 0.435 e. The highest BCUT2D eigenvalue weighted by Crippen LogP contribution is 2.28. The molecule has 88 valence electrons. The van der Waals surface area contributed by atoms with Crippen molar-refractivity contribution in [2.75, 3.05) is 0 Å². The van der Waals surface area contributed by atoms with Crippen LogP contribution in [0.3, 0.4) is 0 Å². The zero-order chi connectivity index (χ0) is 12.3. The lowest BCUT2D eigenvalue weighted by Gasteiger charge is -2.09. The van der Waals surface area contributed by atoms with Crippen molar-refractivity contribution in [1.82, 2.24) is 15.5 Å². The number of carbonyl (C=O) groups is 1. The molecule has 0 bridgehead atoms. The molecule has 1 atom stereocenters. The van der Waals surface area contributed by atoms with E-state index in [9.17, 15) is 18.0 Å². The number of nitrogens with one attached hydrogen (secondary N) is 2. The van der Waals surface area contributed by atoms with Gasteiger partial charge < -0.3 is 5.32 Å². The van der Waals surface area contributed by atoms with Gasteiger partial charge in [0.1, 0.15) is 0 Å². The van der Waals surface area contributed by atoms with Crippen LogP contribution in [-0.4, -0.2) is 16.1 Å². The molecule has 4 nitrogen and oxygen atoms in total. The molecule has 1 aromatic heterocycles. The molecule has 1 aromatic rings. The predicted octanol–water partition coefficient (Wildman–Crippen LogP) is 1.79. The first-order valence-corrected chi connectivity index (χ1v) is 4.40. The molecule has 1 amide bonds. The minimum absolute atomic E-state index is 0.183. The van der Waals surface area contributed by atoms with Gasteiger partial charge in [0, 0.05) is 0 Å². The van der Waals surface area contributed by atoms with Gasteiger partial charge in [-0.1, -0.05) is 6.58 Å². The quantitative estimate of drug-likeness (QED) is 0.782. The van der Waals surface area contributed by atoms with Crippen molar-refractivity contribution in [3.8, 4) is 0 Å². The Morgan fingerprint density at radius 3 is 2.75 bits per heavy atom. The van der Waals surface area contributed by atoms with Crippen LogP contribution < -0.4 is 5.32 Å². The lowest BCUT2D eigenvalue weighted by Crippen LogP contribution is -2.24. The molecule has 0 spiro atoms. The van der Waals surface area contributed by atoms with Crippen LogP contribution in [0, 0.1) is 0 Å². The summed E-state index contributed by atoms with van der Waals surface area (Å²) in [5, 5.41) is 7.75. The van der Waals surface area contributed by atoms with Crippen molar-refractivity contribution in [3.05, 3.63) is 30.1 Å². The van der Waals surface area contributed by atoms with Crippen LogP contribution in [0.5, 0.6) is 0 Å². The Morgan fingerprint density at radius 2 is 2.31 bits per heavy atom. The number of amides is 1. The fourth-order valence-corrected chi connectivity index (χ4v) is 1.05.